The number of methoxy groups -OCH3 is 1. The molecule has 14 nitrogen and oxygen atoms in total. The van der Waals surface area contributed by atoms with Crippen LogP contribution >= 0.6 is 0 Å². The summed E-state index contributed by atoms with van der Waals surface area (Å²) < 4.78 is 54.0. The van der Waals surface area contributed by atoms with E-state index in [0.29, 0.717) is 57.1 Å². The first-order valence-electron chi connectivity index (χ1n) is 34.1. The molecular formula is C83H166O14. The molecule has 0 N–H and O–H groups in total. The number of hydrogen-bond acceptors (Lipinski definition) is 14. The summed E-state index contributed by atoms with van der Waals surface area (Å²) in [6.45, 7) is 51.5. The van der Waals surface area contributed by atoms with Crippen molar-refractivity contribution in [2.45, 2.75) is 383 Å². The highest BCUT2D eigenvalue weighted by atomic mass is 16.7. The fraction of sp³-hybridized carbons (Fsp3) is 0.807. The van der Waals surface area contributed by atoms with Crippen molar-refractivity contribution in [3.63, 3.8) is 0 Å². The average molecular weight is 1390 g/mol. The number of esters is 4. The van der Waals surface area contributed by atoms with Crippen molar-refractivity contribution >= 4 is 23.9 Å². The highest BCUT2D eigenvalue weighted by Gasteiger charge is 2.32. The van der Waals surface area contributed by atoms with Crippen LogP contribution in [0.2, 0.25) is 0 Å². The smallest absolute Gasteiger partial charge is 0.312 e. The first-order valence-corrected chi connectivity index (χ1v) is 34.1. The van der Waals surface area contributed by atoms with Crippen LogP contribution in [0.5, 0.6) is 11.5 Å². The predicted molar refractivity (Wildman–Crippen MR) is 419 cm³/mol. The second kappa shape index (κ2) is 59.4. The molecule has 0 aromatic heterocycles. The van der Waals surface area contributed by atoms with E-state index in [0.717, 1.165) is 37.2 Å². The maximum atomic E-state index is 11.5. The molecule has 0 heterocycles. The second-order valence-corrected chi connectivity index (χ2v) is 28.3. The van der Waals surface area contributed by atoms with E-state index in [4.69, 9.17) is 47.4 Å². The number of ether oxygens (including phenoxy) is 10. The summed E-state index contributed by atoms with van der Waals surface area (Å²) in [5.41, 5.74) is 0.564. The molecular weight excluding hydrogens is 1220 g/mol. The minimum absolute atomic E-state index is 0. The molecule has 0 spiro atoms. The molecule has 4 unspecified atom stereocenters. The molecule has 0 radical (unpaired) electrons. The lowest BCUT2D eigenvalue weighted by atomic mass is 9.90. The SMILES string of the molecule is C.C.C.C.C.C.C.C.CCC(C)(C)C(=O)OC(C)(C)C.CCC(C)(C)C(=O)OC(C)(C)C.CCC(C)(C)C(=O)OCCOC.CCC(C)c1ccc(OC(C)OC2CCCCC2)cc1.CCC(C)c1ccc(OC(C)OC2CCCCC2)cc1.CCOCCOC(=O)C(C)(C)CC. The van der Waals surface area contributed by atoms with Gasteiger partial charge in [-0.1, -0.05) is 178 Å². The van der Waals surface area contributed by atoms with Crippen LogP contribution in [0, 0.1) is 21.7 Å². The van der Waals surface area contributed by atoms with Crippen LogP contribution in [-0.4, -0.2) is 100 Å². The number of carbonyl (C=O) groups is 4. The highest BCUT2D eigenvalue weighted by molar-refractivity contribution is 5.77. The summed E-state index contributed by atoms with van der Waals surface area (Å²) in [6.07, 6.45) is 18.6. The number of rotatable bonds is 27. The molecule has 2 fully saturated rings. The maximum absolute atomic E-state index is 11.5. The standard InChI is InChI=1S/2C18H28O2.C10H20O3.2C10H20O2.C9H18O3.8CH4/c2*1-4-14(2)16-10-12-18(13-11-16)20-15(3)19-17-8-6-5-7-9-17;1-5-10(3,4)9(11)13-8-7-12-6-2;2*1-7-10(5,6)8(11)12-9(2,3)4;1-5-9(2,3)8(10)12-7-6-11-4;;;;;;;;/h2*10-15,17H,4-9H2,1-3H3;5-8H2,1-4H3;2*7H2,1-6H3;5-7H2,1-4H3;8*1H4. The molecule has 2 aromatic carbocycles. The molecule has 0 amide bonds. The largest absolute Gasteiger partial charge is 0.465 e. The van der Waals surface area contributed by atoms with Crippen LogP contribution in [0.1, 0.15) is 358 Å². The second-order valence-electron chi connectivity index (χ2n) is 28.3. The molecule has 2 aromatic rings. The van der Waals surface area contributed by atoms with Crippen LogP contribution in [0.4, 0.5) is 0 Å². The molecule has 2 aliphatic rings. The summed E-state index contributed by atoms with van der Waals surface area (Å²) in [4.78, 5) is 45.7. The molecule has 0 bridgehead atoms. The van der Waals surface area contributed by atoms with E-state index in [2.05, 4.69) is 76.2 Å². The Balaban J connectivity index is -0.000000117. The van der Waals surface area contributed by atoms with E-state index in [1.165, 1.54) is 88.2 Å². The van der Waals surface area contributed by atoms with Gasteiger partial charge in [0, 0.05) is 13.7 Å². The average Bonchev–Trinajstić information content (AvgIpc) is 1.14. The van der Waals surface area contributed by atoms with Crippen molar-refractivity contribution in [1.29, 1.82) is 0 Å². The fourth-order valence-corrected chi connectivity index (χ4v) is 7.96. The summed E-state index contributed by atoms with van der Waals surface area (Å²) in [5, 5.41) is 0. The van der Waals surface area contributed by atoms with Gasteiger partial charge in [-0.2, -0.15) is 0 Å². The van der Waals surface area contributed by atoms with Gasteiger partial charge in [0.15, 0.2) is 12.6 Å². The van der Waals surface area contributed by atoms with Crippen molar-refractivity contribution in [3.05, 3.63) is 59.7 Å². The lowest BCUT2D eigenvalue weighted by Crippen LogP contribution is -2.33. The van der Waals surface area contributed by atoms with Crippen LogP contribution < -0.4 is 9.47 Å². The third-order valence-electron chi connectivity index (χ3n) is 16.3. The monoisotopic (exact) mass is 1390 g/mol. The zero-order valence-corrected chi connectivity index (χ0v) is 61.6. The quantitative estimate of drug-likeness (QED) is 0.0360. The first-order chi connectivity index (χ1) is 41.3. The van der Waals surface area contributed by atoms with E-state index >= 15 is 0 Å². The van der Waals surface area contributed by atoms with Gasteiger partial charge in [-0.15, -0.1) is 0 Å². The van der Waals surface area contributed by atoms with Gasteiger partial charge in [0.1, 0.15) is 35.9 Å². The number of benzene rings is 2. The van der Waals surface area contributed by atoms with Crippen LogP contribution in [0.15, 0.2) is 48.5 Å². The zero-order valence-electron chi connectivity index (χ0n) is 61.6. The Bertz CT molecular complexity index is 2020. The molecule has 2 saturated carbocycles. The molecule has 2 aliphatic carbocycles. The zero-order chi connectivity index (χ0) is 68.7. The molecule has 14 heteroatoms. The molecule has 0 aliphatic heterocycles. The van der Waals surface area contributed by atoms with Crippen LogP contribution in [0.25, 0.3) is 0 Å². The van der Waals surface area contributed by atoms with Crippen LogP contribution in [0.3, 0.4) is 0 Å². The fourth-order valence-electron chi connectivity index (χ4n) is 7.96. The Kier molecular flexibility index (Phi) is 69.9. The van der Waals surface area contributed by atoms with E-state index in [-0.39, 0.29) is 129 Å². The normalized spacial score (nSPS) is 14.2. The van der Waals surface area contributed by atoms with E-state index in [1.807, 2.05) is 145 Å². The predicted octanol–water partition coefficient (Wildman–Crippen LogP) is 24.8. The van der Waals surface area contributed by atoms with Crippen molar-refractivity contribution < 1.29 is 66.5 Å². The molecule has 4 rings (SSSR count). The molecule has 97 heavy (non-hydrogen) atoms. The van der Waals surface area contributed by atoms with Gasteiger partial charge >= 0.3 is 23.9 Å². The van der Waals surface area contributed by atoms with Gasteiger partial charge in [-0.05, 0) is 229 Å². The summed E-state index contributed by atoms with van der Waals surface area (Å²) >= 11 is 0. The summed E-state index contributed by atoms with van der Waals surface area (Å²) in [7, 11) is 1.58. The van der Waals surface area contributed by atoms with Gasteiger partial charge in [0.2, 0.25) is 0 Å². The van der Waals surface area contributed by atoms with E-state index < -0.39 is 0 Å². The van der Waals surface area contributed by atoms with Crippen molar-refractivity contribution in [2.24, 2.45) is 21.7 Å². The Morgan fingerprint density at radius 3 is 0.897 bits per heavy atom. The highest BCUT2D eigenvalue weighted by Crippen LogP contribution is 2.29. The van der Waals surface area contributed by atoms with Crippen molar-refractivity contribution in [1.82, 2.24) is 0 Å². The summed E-state index contributed by atoms with van der Waals surface area (Å²) in [5.74, 6) is 2.51. The van der Waals surface area contributed by atoms with Gasteiger partial charge in [-0.25, -0.2) is 0 Å². The Morgan fingerprint density at radius 2 is 0.660 bits per heavy atom. The molecule has 0 saturated heterocycles. The maximum Gasteiger partial charge on any atom is 0.312 e. The van der Waals surface area contributed by atoms with Crippen molar-refractivity contribution in [2.75, 3.05) is 40.1 Å². The minimum Gasteiger partial charge on any atom is -0.465 e. The van der Waals surface area contributed by atoms with E-state index in [9.17, 15) is 19.2 Å². The van der Waals surface area contributed by atoms with Gasteiger partial charge in [0.25, 0.3) is 0 Å². The first kappa shape index (κ1) is 114. The van der Waals surface area contributed by atoms with Crippen molar-refractivity contribution in [3.8, 4) is 11.5 Å². The Morgan fingerprint density at radius 1 is 0.392 bits per heavy atom. The van der Waals surface area contributed by atoms with Gasteiger partial charge in [-0.3, -0.25) is 19.2 Å². The summed E-state index contributed by atoms with van der Waals surface area (Å²) in [6, 6.07) is 16.9. The van der Waals surface area contributed by atoms with Crippen LogP contribution in [-0.2, 0) is 57.1 Å². The van der Waals surface area contributed by atoms with E-state index in [1.54, 1.807) is 7.11 Å². The Hall–Kier alpha value is -4.24. The number of hydrogen-bond donors (Lipinski definition) is 0. The molecule has 4 atom stereocenters. The third kappa shape index (κ3) is 54.2. The third-order valence-corrected chi connectivity index (χ3v) is 16.3. The molecule has 582 valence electrons. The lowest BCUT2D eigenvalue weighted by Gasteiger charge is -2.27. The Labute approximate surface area is 603 Å². The lowest BCUT2D eigenvalue weighted by molar-refractivity contribution is -0.166. The minimum atomic E-state index is -0.372. The topological polar surface area (TPSA) is 161 Å². The number of carbonyl (C=O) groups excluding carboxylic acids is 4. The van der Waals surface area contributed by atoms with Gasteiger partial charge < -0.3 is 47.4 Å². The van der Waals surface area contributed by atoms with Gasteiger partial charge in [0.05, 0.1) is 47.1 Å².